The Morgan fingerprint density at radius 3 is 2.77 bits per heavy atom. The van der Waals surface area contributed by atoms with Gasteiger partial charge in [-0.05, 0) is 43.3 Å². The molecule has 6 heteroatoms. The van der Waals surface area contributed by atoms with Crippen LogP contribution < -0.4 is 5.32 Å². The highest BCUT2D eigenvalue weighted by molar-refractivity contribution is 6.07. The largest absolute Gasteiger partial charge is 0.346 e. The fourth-order valence-corrected chi connectivity index (χ4v) is 3.58. The van der Waals surface area contributed by atoms with Crippen LogP contribution in [0.25, 0.3) is 27.8 Å². The Labute approximate surface area is 173 Å². The molecule has 0 atom stereocenters. The van der Waals surface area contributed by atoms with E-state index in [0.29, 0.717) is 12.1 Å². The summed E-state index contributed by atoms with van der Waals surface area (Å²) in [5.74, 6) is -0.160. The molecule has 146 valence electrons. The van der Waals surface area contributed by atoms with Crippen LogP contribution in [0, 0.1) is 6.92 Å². The van der Waals surface area contributed by atoms with Crippen molar-refractivity contribution in [1.82, 2.24) is 24.7 Å². The summed E-state index contributed by atoms with van der Waals surface area (Å²) in [6.45, 7) is 2.37. The zero-order valence-corrected chi connectivity index (χ0v) is 16.4. The Bertz CT molecular complexity index is 1370. The number of rotatable bonds is 4. The number of nitrogens with zero attached hydrogens (tertiary/aromatic N) is 4. The Balaban J connectivity index is 1.48. The first kappa shape index (κ1) is 18.0. The summed E-state index contributed by atoms with van der Waals surface area (Å²) < 4.78 is 2.02. The van der Waals surface area contributed by atoms with Crippen molar-refractivity contribution < 1.29 is 4.79 Å². The van der Waals surface area contributed by atoms with Gasteiger partial charge in [0.2, 0.25) is 0 Å². The van der Waals surface area contributed by atoms with Gasteiger partial charge in [-0.2, -0.15) is 0 Å². The van der Waals surface area contributed by atoms with Crippen molar-refractivity contribution in [3.63, 3.8) is 0 Å². The standard InChI is InChI=1S/C24H19N5O/c1-16-6-4-10-23-27-18(15-29(16)23)14-26-24(30)20-12-22(17-7-5-11-25-13-17)28-21-9-3-2-8-19(20)21/h2-13,15H,14H2,1H3,(H,26,30). The van der Waals surface area contributed by atoms with Crippen LogP contribution in [-0.2, 0) is 6.54 Å². The summed E-state index contributed by atoms with van der Waals surface area (Å²) >= 11 is 0. The van der Waals surface area contributed by atoms with Crippen LogP contribution in [-0.4, -0.2) is 25.3 Å². The van der Waals surface area contributed by atoms with E-state index in [1.165, 1.54) is 0 Å². The molecule has 5 rings (SSSR count). The first-order valence-electron chi connectivity index (χ1n) is 9.71. The highest BCUT2D eigenvalue weighted by atomic mass is 16.1. The summed E-state index contributed by atoms with van der Waals surface area (Å²) in [7, 11) is 0. The lowest BCUT2D eigenvalue weighted by Crippen LogP contribution is -2.23. The third kappa shape index (κ3) is 3.28. The van der Waals surface area contributed by atoms with E-state index in [9.17, 15) is 4.79 Å². The van der Waals surface area contributed by atoms with E-state index in [2.05, 4.69) is 15.3 Å². The number of benzene rings is 1. The lowest BCUT2D eigenvalue weighted by Gasteiger charge is -2.10. The first-order valence-corrected chi connectivity index (χ1v) is 9.71. The van der Waals surface area contributed by atoms with Gasteiger partial charge in [0.05, 0.1) is 29.0 Å². The molecule has 0 aliphatic carbocycles. The number of nitrogens with one attached hydrogen (secondary N) is 1. The number of fused-ring (bicyclic) bond motifs is 2. The number of para-hydroxylation sites is 1. The number of amides is 1. The fourth-order valence-electron chi connectivity index (χ4n) is 3.58. The van der Waals surface area contributed by atoms with Crippen LogP contribution in [0.15, 0.2) is 79.3 Å². The van der Waals surface area contributed by atoms with E-state index in [0.717, 1.165) is 39.2 Å². The molecule has 0 radical (unpaired) electrons. The smallest absolute Gasteiger partial charge is 0.252 e. The topological polar surface area (TPSA) is 72.2 Å². The Hall–Kier alpha value is -4.06. The maximum absolute atomic E-state index is 13.1. The summed E-state index contributed by atoms with van der Waals surface area (Å²) in [5.41, 5.74) is 5.71. The van der Waals surface area contributed by atoms with E-state index in [1.807, 2.05) is 78.2 Å². The average molecular weight is 393 g/mol. The SMILES string of the molecule is Cc1cccc2nc(CNC(=O)c3cc(-c4cccnc4)nc4ccccc34)cn12. The number of aryl methyl sites for hydroxylation is 1. The molecule has 0 aliphatic heterocycles. The maximum atomic E-state index is 13.1. The summed E-state index contributed by atoms with van der Waals surface area (Å²) in [6.07, 6.45) is 5.42. The monoisotopic (exact) mass is 393 g/mol. The number of imidazole rings is 1. The molecule has 6 nitrogen and oxygen atoms in total. The van der Waals surface area contributed by atoms with Crippen molar-refractivity contribution in [2.45, 2.75) is 13.5 Å². The van der Waals surface area contributed by atoms with E-state index in [-0.39, 0.29) is 5.91 Å². The van der Waals surface area contributed by atoms with Crippen molar-refractivity contribution in [3.05, 3.63) is 96.2 Å². The molecular weight excluding hydrogens is 374 g/mol. The normalized spacial score (nSPS) is 11.1. The number of aromatic nitrogens is 4. The number of hydrogen-bond acceptors (Lipinski definition) is 4. The van der Waals surface area contributed by atoms with Crippen LogP contribution in [0.1, 0.15) is 21.7 Å². The van der Waals surface area contributed by atoms with Crippen molar-refractivity contribution in [1.29, 1.82) is 0 Å². The summed E-state index contributed by atoms with van der Waals surface area (Å²) in [4.78, 5) is 26.6. The van der Waals surface area contributed by atoms with E-state index in [4.69, 9.17) is 4.98 Å². The second-order valence-corrected chi connectivity index (χ2v) is 7.12. The molecule has 0 saturated carbocycles. The van der Waals surface area contributed by atoms with Crippen molar-refractivity contribution >= 4 is 22.5 Å². The van der Waals surface area contributed by atoms with Crippen LogP contribution in [0.5, 0.6) is 0 Å². The predicted octanol–water partition coefficient (Wildman–Crippen LogP) is 4.18. The fraction of sp³-hybridized carbons (Fsp3) is 0.0833. The van der Waals surface area contributed by atoms with E-state index >= 15 is 0 Å². The second-order valence-electron chi connectivity index (χ2n) is 7.12. The van der Waals surface area contributed by atoms with Crippen molar-refractivity contribution in [2.75, 3.05) is 0 Å². The Morgan fingerprint density at radius 2 is 1.93 bits per heavy atom. The molecule has 5 aromatic rings. The quantitative estimate of drug-likeness (QED) is 0.497. The minimum atomic E-state index is -0.160. The lowest BCUT2D eigenvalue weighted by molar-refractivity contribution is 0.0952. The molecular formula is C24H19N5O. The third-order valence-corrected chi connectivity index (χ3v) is 5.09. The highest BCUT2D eigenvalue weighted by Gasteiger charge is 2.14. The molecule has 1 aromatic carbocycles. The van der Waals surface area contributed by atoms with Crippen molar-refractivity contribution in [3.8, 4) is 11.3 Å². The van der Waals surface area contributed by atoms with E-state index in [1.54, 1.807) is 12.4 Å². The minimum absolute atomic E-state index is 0.160. The van der Waals surface area contributed by atoms with Gasteiger partial charge in [-0.25, -0.2) is 9.97 Å². The van der Waals surface area contributed by atoms with Gasteiger partial charge in [-0.3, -0.25) is 9.78 Å². The molecule has 0 fully saturated rings. The van der Waals surface area contributed by atoms with Gasteiger partial charge in [0.25, 0.3) is 5.91 Å². The zero-order chi connectivity index (χ0) is 20.5. The summed E-state index contributed by atoms with van der Waals surface area (Å²) in [5, 5.41) is 3.82. The summed E-state index contributed by atoms with van der Waals surface area (Å²) in [6, 6.07) is 19.2. The van der Waals surface area contributed by atoms with Crippen LogP contribution in [0.4, 0.5) is 0 Å². The van der Waals surface area contributed by atoms with Crippen LogP contribution in [0.3, 0.4) is 0 Å². The zero-order valence-electron chi connectivity index (χ0n) is 16.4. The molecule has 30 heavy (non-hydrogen) atoms. The molecule has 4 aromatic heterocycles. The predicted molar refractivity (Wildman–Crippen MR) is 116 cm³/mol. The molecule has 0 spiro atoms. The average Bonchev–Trinajstić information content (AvgIpc) is 3.22. The molecule has 1 N–H and O–H groups in total. The molecule has 0 unspecified atom stereocenters. The van der Waals surface area contributed by atoms with Gasteiger partial charge in [0, 0.05) is 35.2 Å². The van der Waals surface area contributed by atoms with E-state index < -0.39 is 0 Å². The van der Waals surface area contributed by atoms with Gasteiger partial charge in [-0.15, -0.1) is 0 Å². The van der Waals surface area contributed by atoms with Gasteiger partial charge in [-0.1, -0.05) is 24.3 Å². The molecule has 0 bridgehead atoms. The Kier molecular flexibility index (Phi) is 4.44. The first-order chi connectivity index (χ1) is 14.7. The van der Waals surface area contributed by atoms with Gasteiger partial charge in [0.15, 0.2) is 0 Å². The van der Waals surface area contributed by atoms with Crippen LogP contribution >= 0.6 is 0 Å². The molecule has 0 aliphatic rings. The van der Waals surface area contributed by atoms with Gasteiger partial charge in [0.1, 0.15) is 5.65 Å². The lowest BCUT2D eigenvalue weighted by atomic mass is 10.0. The molecule has 4 heterocycles. The number of carbonyl (C=O) groups excluding carboxylic acids is 1. The molecule has 1 amide bonds. The maximum Gasteiger partial charge on any atom is 0.252 e. The number of pyridine rings is 3. The van der Waals surface area contributed by atoms with Crippen molar-refractivity contribution in [2.24, 2.45) is 0 Å². The molecule has 0 saturated heterocycles. The third-order valence-electron chi connectivity index (χ3n) is 5.09. The van der Waals surface area contributed by atoms with Crippen LogP contribution in [0.2, 0.25) is 0 Å². The number of hydrogen-bond donors (Lipinski definition) is 1. The highest BCUT2D eigenvalue weighted by Crippen LogP contribution is 2.24. The van der Waals surface area contributed by atoms with Gasteiger partial charge >= 0.3 is 0 Å². The minimum Gasteiger partial charge on any atom is -0.346 e. The number of carbonyl (C=O) groups is 1. The Morgan fingerprint density at radius 1 is 1.03 bits per heavy atom. The second kappa shape index (κ2) is 7.40. The van der Waals surface area contributed by atoms with Gasteiger partial charge < -0.3 is 9.72 Å².